The second-order valence-corrected chi connectivity index (χ2v) is 6.19. The molecular formula is C12H16O3S. The predicted octanol–water partition coefficient (Wildman–Crippen LogP) is 1.62. The average Bonchev–Trinajstić information content (AvgIpc) is 2.17. The highest BCUT2D eigenvalue weighted by atomic mass is 32.2. The first kappa shape index (κ1) is 12.9. The van der Waals surface area contributed by atoms with Gasteiger partial charge in [0.25, 0.3) is 0 Å². The van der Waals surface area contributed by atoms with Crippen LogP contribution in [0.4, 0.5) is 0 Å². The van der Waals surface area contributed by atoms with Crippen molar-refractivity contribution < 1.29 is 13.2 Å². The van der Waals surface area contributed by atoms with Gasteiger partial charge in [-0.15, -0.1) is 0 Å². The summed E-state index contributed by atoms with van der Waals surface area (Å²) in [5.74, 6) is 0.183. The van der Waals surface area contributed by atoms with Gasteiger partial charge in [-0.2, -0.15) is 0 Å². The second kappa shape index (κ2) is 5.80. The minimum absolute atomic E-state index is 0.0908. The van der Waals surface area contributed by atoms with Crippen LogP contribution in [0.1, 0.15) is 18.4 Å². The number of sulfone groups is 1. The van der Waals surface area contributed by atoms with E-state index in [1.807, 2.05) is 30.3 Å². The van der Waals surface area contributed by atoms with E-state index in [-0.39, 0.29) is 11.5 Å². The molecule has 0 aliphatic carbocycles. The van der Waals surface area contributed by atoms with E-state index in [4.69, 9.17) is 0 Å². The minimum Gasteiger partial charge on any atom is -0.299 e. The van der Waals surface area contributed by atoms with Gasteiger partial charge in [0, 0.05) is 19.1 Å². The molecule has 0 heterocycles. The average molecular weight is 240 g/mol. The molecule has 0 aromatic heterocycles. The number of ketones is 1. The van der Waals surface area contributed by atoms with E-state index >= 15 is 0 Å². The number of Topliss-reactive ketones (excluding diaryl/α,β-unsaturated/α-hetero) is 1. The van der Waals surface area contributed by atoms with E-state index in [0.29, 0.717) is 19.3 Å². The van der Waals surface area contributed by atoms with E-state index in [9.17, 15) is 13.2 Å². The highest BCUT2D eigenvalue weighted by Gasteiger charge is 2.06. The first-order chi connectivity index (χ1) is 7.47. The topological polar surface area (TPSA) is 51.2 Å². The van der Waals surface area contributed by atoms with Gasteiger partial charge in [0.1, 0.15) is 15.6 Å². The molecule has 0 bridgehead atoms. The summed E-state index contributed by atoms with van der Waals surface area (Å²) in [6.45, 7) is 0. The molecule has 0 unspecified atom stereocenters. The molecule has 0 spiro atoms. The summed E-state index contributed by atoms with van der Waals surface area (Å²) in [5.41, 5.74) is 0.979. The van der Waals surface area contributed by atoms with E-state index in [0.717, 1.165) is 5.56 Å². The molecule has 1 aromatic rings. The Kier molecular flexibility index (Phi) is 4.68. The maximum absolute atomic E-state index is 11.5. The van der Waals surface area contributed by atoms with Crippen LogP contribution in [-0.4, -0.2) is 26.2 Å². The van der Waals surface area contributed by atoms with Crippen molar-refractivity contribution in [3.05, 3.63) is 35.9 Å². The van der Waals surface area contributed by atoms with Crippen LogP contribution in [-0.2, 0) is 21.1 Å². The molecule has 1 aromatic carbocycles. The molecule has 16 heavy (non-hydrogen) atoms. The highest BCUT2D eigenvalue weighted by molar-refractivity contribution is 7.90. The first-order valence-corrected chi connectivity index (χ1v) is 7.27. The summed E-state index contributed by atoms with van der Waals surface area (Å²) < 4.78 is 21.7. The molecule has 0 N–H and O–H groups in total. The quantitative estimate of drug-likeness (QED) is 0.759. The Hall–Kier alpha value is -1.16. The fourth-order valence-electron chi connectivity index (χ4n) is 1.44. The second-order valence-electron chi connectivity index (χ2n) is 3.93. The summed E-state index contributed by atoms with van der Waals surface area (Å²) in [4.78, 5) is 11.5. The third-order valence-corrected chi connectivity index (χ3v) is 3.25. The number of carbonyl (C=O) groups is 1. The minimum atomic E-state index is -2.94. The van der Waals surface area contributed by atoms with Gasteiger partial charge < -0.3 is 0 Å². The first-order valence-electron chi connectivity index (χ1n) is 5.21. The van der Waals surface area contributed by atoms with Crippen molar-refractivity contribution in [1.82, 2.24) is 0 Å². The fourth-order valence-corrected chi connectivity index (χ4v) is 2.11. The molecule has 0 aliphatic heterocycles. The van der Waals surface area contributed by atoms with Crippen molar-refractivity contribution in [3.8, 4) is 0 Å². The van der Waals surface area contributed by atoms with Gasteiger partial charge in [-0.3, -0.25) is 4.79 Å². The Balaban J connectivity index is 2.32. The van der Waals surface area contributed by atoms with Gasteiger partial charge in [0.15, 0.2) is 0 Å². The third kappa shape index (κ3) is 5.66. The highest BCUT2D eigenvalue weighted by Crippen LogP contribution is 2.04. The number of carbonyl (C=O) groups excluding carboxylic acids is 1. The van der Waals surface area contributed by atoms with Crippen LogP contribution in [0, 0.1) is 0 Å². The summed E-state index contributed by atoms with van der Waals surface area (Å²) in [6.07, 6.45) is 2.34. The lowest BCUT2D eigenvalue weighted by Gasteiger charge is -2.00. The predicted molar refractivity (Wildman–Crippen MR) is 64.1 cm³/mol. The van der Waals surface area contributed by atoms with Crippen molar-refractivity contribution in [2.75, 3.05) is 12.0 Å². The smallest absolute Gasteiger partial charge is 0.147 e. The number of benzene rings is 1. The molecule has 0 radical (unpaired) electrons. The van der Waals surface area contributed by atoms with Crippen LogP contribution in [0.15, 0.2) is 30.3 Å². The molecule has 0 saturated heterocycles. The number of hydrogen-bond acceptors (Lipinski definition) is 3. The molecule has 0 amide bonds. The Morgan fingerprint density at radius 3 is 2.38 bits per heavy atom. The van der Waals surface area contributed by atoms with Gasteiger partial charge in [-0.25, -0.2) is 8.42 Å². The summed E-state index contributed by atoms with van der Waals surface area (Å²) in [5, 5.41) is 0. The van der Waals surface area contributed by atoms with Gasteiger partial charge in [0.05, 0.1) is 5.75 Å². The van der Waals surface area contributed by atoms with Crippen LogP contribution in [0.3, 0.4) is 0 Å². The standard InChI is InChI=1S/C12H16O3S/c1-16(14,15)9-5-8-12(13)10-11-6-3-2-4-7-11/h2-4,6-7H,5,8-10H2,1H3. The molecule has 88 valence electrons. The van der Waals surface area contributed by atoms with Gasteiger partial charge in [-0.05, 0) is 12.0 Å². The molecule has 1 rings (SSSR count). The zero-order valence-corrected chi connectivity index (χ0v) is 10.2. The summed E-state index contributed by atoms with van der Waals surface area (Å²) in [7, 11) is -2.94. The van der Waals surface area contributed by atoms with E-state index in [2.05, 4.69) is 0 Å². The lowest BCUT2D eigenvalue weighted by atomic mass is 10.1. The van der Waals surface area contributed by atoms with Crippen LogP contribution in [0.2, 0.25) is 0 Å². The number of rotatable bonds is 6. The maximum Gasteiger partial charge on any atom is 0.147 e. The van der Waals surface area contributed by atoms with Crippen molar-refractivity contribution in [2.24, 2.45) is 0 Å². The largest absolute Gasteiger partial charge is 0.299 e. The lowest BCUT2D eigenvalue weighted by molar-refractivity contribution is -0.118. The van der Waals surface area contributed by atoms with Gasteiger partial charge >= 0.3 is 0 Å². The van der Waals surface area contributed by atoms with Crippen molar-refractivity contribution >= 4 is 15.6 Å². The van der Waals surface area contributed by atoms with Crippen molar-refractivity contribution in [3.63, 3.8) is 0 Å². The van der Waals surface area contributed by atoms with Crippen LogP contribution in [0.25, 0.3) is 0 Å². The Bertz CT molecular complexity index is 435. The van der Waals surface area contributed by atoms with E-state index in [1.54, 1.807) is 0 Å². The lowest BCUT2D eigenvalue weighted by Crippen LogP contribution is -2.08. The van der Waals surface area contributed by atoms with Crippen molar-refractivity contribution in [2.45, 2.75) is 19.3 Å². The normalized spacial score (nSPS) is 11.3. The van der Waals surface area contributed by atoms with Crippen LogP contribution >= 0.6 is 0 Å². The maximum atomic E-state index is 11.5. The van der Waals surface area contributed by atoms with E-state index < -0.39 is 9.84 Å². The molecule has 3 nitrogen and oxygen atoms in total. The Morgan fingerprint density at radius 2 is 1.81 bits per heavy atom. The molecule has 0 aliphatic rings. The van der Waals surface area contributed by atoms with Crippen molar-refractivity contribution in [1.29, 1.82) is 0 Å². The zero-order chi connectivity index (χ0) is 12.0. The van der Waals surface area contributed by atoms with Gasteiger partial charge in [0.2, 0.25) is 0 Å². The van der Waals surface area contributed by atoms with Crippen LogP contribution < -0.4 is 0 Å². The molecule has 0 atom stereocenters. The monoisotopic (exact) mass is 240 g/mol. The Morgan fingerprint density at radius 1 is 1.19 bits per heavy atom. The summed E-state index contributed by atoms with van der Waals surface area (Å²) in [6, 6.07) is 9.47. The molecule has 0 fully saturated rings. The SMILES string of the molecule is CS(=O)(=O)CCCC(=O)Cc1ccccc1. The zero-order valence-electron chi connectivity index (χ0n) is 9.35. The molecule has 4 heteroatoms. The summed E-state index contributed by atoms with van der Waals surface area (Å²) >= 11 is 0. The Labute approximate surface area is 96.4 Å². The third-order valence-electron chi connectivity index (χ3n) is 2.21. The van der Waals surface area contributed by atoms with E-state index in [1.165, 1.54) is 6.26 Å². The fraction of sp³-hybridized carbons (Fsp3) is 0.417. The van der Waals surface area contributed by atoms with Gasteiger partial charge in [-0.1, -0.05) is 30.3 Å². The molecular weight excluding hydrogens is 224 g/mol. The van der Waals surface area contributed by atoms with Crippen LogP contribution in [0.5, 0.6) is 0 Å². The number of hydrogen-bond donors (Lipinski definition) is 0. The molecule has 0 saturated carbocycles.